The fourth-order valence-corrected chi connectivity index (χ4v) is 4.59. The number of nitriles is 1. The summed E-state index contributed by atoms with van der Waals surface area (Å²) in [5, 5.41) is 9.71. The number of pyridine rings is 1. The third kappa shape index (κ3) is 4.23. The van der Waals surface area contributed by atoms with Crippen LogP contribution >= 0.6 is 11.8 Å². The Kier molecular flexibility index (Phi) is 5.87. The number of hydrogen-bond acceptors (Lipinski definition) is 5. The van der Waals surface area contributed by atoms with Crippen LogP contribution in [0.5, 0.6) is 0 Å². The number of nitrogens with zero attached hydrogens (tertiary/aromatic N) is 2. The number of sulfone groups is 1. The SMILES string of the molecule is CC(C)S(=O)(=O)CCCSc1nc2c(cc1C#N)CCCC2. The molecule has 0 aliphatic heterocycles. The molecule has 0 saturated carbocycles. The van der Waals surface area contributed by atoms with Gasteiger partial charge in [0, 0.05) is 11.4 Å². The zero-order chi connectivity index (χ0) is 16.2. The molecule has 0 N–H and O–H groups in total. The number of hydrogen-bond donors (Lipinski definition) is 0. The van der Waals surface area contributed by atoms with E-state index < -0.39 is 9.84 Å². The smallest absolute Gasteiger partial charge is 0.152 e. The normalized spacial score (nSPS) is 14.6. The molecule has 1 aromatic heterocycles. The molecule has 6 heteroatoms. The van der Waals surface area contributed by atoms with Crippen LogP contribution in [0.4, 0.5) is 0 Å². The lowest BCUT2D eigenvalue weighted by atomic mass is 9.95. The molecule has 22 heavy (non-hydrogen) atoms. The highest BCUT2D eigenvalue weighted by atomic mass is 32.2. The molecule has 0 atom stereocenters. The summed E-state index contributed by atoms with van der Waals surface area (Å²) < 4.78 is 23.6. The van der Waals surface area contributed by atoms with Crippen molar-refractivity contribution < 1.29 is 8.42 Å². The Morgan fingerprint density at radius 3 is 2.77 bits per heavy atom. The maximum absolute atomic E-state index is 11.8. The second kappa shape index (κ2) is 7.47. The van der Waals surface area contributed by atoms with Gasteiger partial charge in [-0.1, -0.05) is 0 Å². The Hall–Kier alpha value is -1.06. The predicted molar refractivity (Wildman–Crippen MR) is 89.9 cm³/mol. The lowest BCUT2D eigenvalue weighted by Gasteiger charge is -2.16. The minimum Gasteiger partial charge on any atom is -0.245 e. The molecule has 0 radical (unpaired) electrons. The molecule has 0 unspecified atom stereocenters. The van der Waals surface area contributed by atoms with Crippen LogP contribution in [0.15, 0.2) is 11.1 Å². The highest BCUT2D eigenvalue weighted by Gasteiger charge is 2.17. The number of rotatable bonds is 6. The molecular weight excluding hydrogens is 316 g/mol. The van der Waals surface area contributed by atoms with Gasteiger partial charge in [-0.3, -0.25) is 0 Å². The molecule has 4 nitrogen and oxygen atoms in total. The maximum Gasteiger partial charge on any atom is 0.152 e. The van der Waals surface area contributed by atoms with Crippen molar-refractivity contribution >= 4 is 21.6 Å². The second-order valence-electron chi connectivity index (χ2n) is 5.88. The molecule has 0 fully saturated rings. The van der Waals surface area contributed by atoms with E-state index in [4.69, 9.17) is 0 Å². The first-order chi connectivity index (χ1) is 10.4. The average molecular weight is 338 g/mol. The Balaban J connectivity index is 2.00. The van der Waals surface area contributed by atoms with Crippen molar-refractivity contribution in [2.24, 2.45) is 0 Å². The molecular formula is C16H22N2O2S2. The molecule has 0 spiro atoms. The van der Waals surface area contributed by atoms with Gasteiger partial charge in [-0.2, -0.15) is 5.26 Å². The molecule has 1 heterocycles. The van der Waals surface area contributed by atoms with Gasteiger partial charge in [-0.15, -0.1) is 11.8 Å². The van der Waals surface area contributed by atoms with Gasteiger partial charge in [0.2, 0.25) is 0 Å². The zero-order valence-electron chi connectivity index (χ0n) is 13.1. The van der Waals surface area contributed by atoms with E-state index in [1.165, 1.54) is 23.7 Å². The van der Waals surface area contributed by atoms with Crippen LogP contribution in [-0.4, -0.2) is 30.2 Å². The highest BCUT2D eigenvalue weighted by molar-refractivity contribution is 7.99. The monoisotopic (exact) mass is 338 g/mol. The fraction of sp³-hybridized carbons (Fsp3) is 0.625. The van der Waals surface area contributed by atoms with Crippen molar-refractivity contribution in [1.29, 1.82) is 5.26 Å². The van der Waals surface area contributed by atoms with E-state index >= 15 is 0 Å². The van der Waals surface area contributed by atoms with Crippen LogP contribution in [0.3, 0.4) is 0 Å². The van der Waals surface area contributed by atoms with E-state index in [9.17, 15) is 13.7 Å². The molecule has 1 aliphatic rings. The summed E-state index contributed by atoms with van der Waals surface area (Å²) >= 11 is 1.50. The lowest BCUT2D eigenvalue weighted by molar-refractivity contribution is 0.586. The van der Waals surface area contributed by atoms with Gasteiger partial charge in [0.25, 0.3) is 0 Å². The molecule has 0 bridgehead atoms. The van der Waals surface area contributed by atoms with Crippen molar-refractivity contribution in [3.8, 4) is 6.07 Å². The van der Waals surface area contributed by atoms with Gasteiger partial charge >= 0.3 is 0 Å². The number of thioether (sulfide) groups is 1. The summed E-state index contributed by atoms with van der Waals surface area (Å²) in [5.74, 6) is 0.872. The maximum atomic E-state index is 11.8. The summed E-state index contributed by atoms with van der Waals surface area (Å²) in [5.41, 5.74) is 2.94. The summed E-state index contributed by atoms with van der Waals surface area (Å²) in [6, 6.07) is 4.19. The first-order valence-electron chi connectivity index (χ1n) is 7.71. The van der Waals surface area contributed by atoms with E-state index in [0.717, 1.165) is 30.0 Å². The van der Waals surface area contributed by atoms with Crippen molar-refractivity contribution in [1.82, 2.24) is 4.98 Å². The molecule has 120 valence electrons. The van der Waals surface area contributed by atoms with Gasteiger partial charge in [-0.05, 0) is 57.6 Å². The van der Waals surface area contributed by atoms with Crippen molar-refractivity contribution in [2.45, 2.75) is 56.2 Å². The Labute approximate surface area is 137 Å². The second-order valence-corrected chi connectivity index (χ2v) is 9.64. The van der Waals surface area contributed by atoms with E-state index in [1.807, 2.05) is 6.07 Å². The summed E-state index contributed by atoms with van der Waals surface area (Å²) in [6.45, 7) is 3.42. The third-order valence-corrected chi connectivity index (χ3v) is 7.29. The van der Waals surface area contributed by atoms with E-state index in [1.54, 1.807) is 13.8 Å². The van der Waals surface area contributed by atoms with Crippen LogP contribution in [0, 0.1) is 11.3 Å². The highest BCUT2D eigenvalue weighted by Crippen LogP contribution is 2.27. The Morgan fingerprint density at radius 1 is 1.36 bits per heavy atom. The van der Waals surface area contributed by atoms with Gasteiger partial charge in [0.15, 0.2) is 9.84 Å². The minimum atomic E-state index is -2.98. The summed E-state index contributed by atoms with van der Waals surface area (Å²) in [6.07, 6.45) is 4.90. The Morgan fingerprint density at radius 2 is 2.09 bits per heavy atom. The molecule has 0 amide bonds. The molecule has 1 aromatic rings. The van der Waals surface area contributed by atoms with Gasteiger partial charge < -0.3 is 0 Å². The lowest BCUT2D eigenvalue weighted by Crippen LogP contribution is -2.18. The number of fused-ring (bicyclic) bond motifs is 1. The van der Waals surface area contributed by atoms with Crippen molar-refractivity contribution in [2.75, 3.05) is 11.5 Å². The molecule has 0 saturated heterocycles. The third-order valence-electron chi connectivity index (χ3n) is 3.92. The van der Waals surface area contributed by atoms with Crippen molar-refractivity contribution in [3.05, 3.63) is 22.9 Å². The van der Waals surface area contributed by atoms with Gasteiger partial charge in [0.05, 0.1) is 16.6 Å². The first kappa shape index (κ1) is 17.3. The van der Waals surface area contributed by atoms with E-state index in [-0.39, 0.29) is 11.0 Å². The van der Waals surface area contributed by atoms with Crippen LogP contribution in [-0.2, 0) is 22.7 Å². The van der Waals surface area contributed by atoms with Crippen LogP contribution in [0.2, 0.25) is 0 Å². The minimum absolute atomic E-state index is 0.199. The molecule has 1 aliphatic carbocycles. The topological polar surface area (TPSA) is 70.8 Å². The zero-order valence-corrected chi connectivity index (χ0v) is 14.8. The van der Waals surface area contributed by atoms with Crippen LogP contribution in [0.25, 0.3) is 0 Å². The average Bonchev–Trinajstić information content (AvgIpc) is 2.50. The first-order valence-corrected chi connectivity index (χ1v) is 10.4. The predicted octanol–water partition coefficient (Wildman–Crippen LogP) is 3.14. The van der Waals surface area contributed by atoms with Gasteiger partial charge in [-0.25, -0.2) is 13.4 Å². The van der Waals surface area contributed by atoms with Gasteiger partial charge in [0.1, 0.15) is 11.1 Å². The summed E-state index contributed by atoms with van der Waals surface area (Å²) in [4.78, 5) is 4.64. The quantitative estimate of drug-likeness (QED) is 0.588. The van der Waals surface area contributed by atoms with E-state index in [0.29, 0.717) is 17.7 Å². The Bertz CT molecular complexity index is 676. The largest absolute Gasteiger partial charge is 0.245 e. The van der Waals surface area contributed by atoms with Crippen LogP contribution < -0.4 is 0 Å². The number of aryl methyl sites for hydroxylation is 2. The standard InChI is InChI=1S/C16H22N2O2S2/c1-12(2)22(19,20)9-5-8-21-16-14(11-17)10-13-6-3-4-7-15(13)18-16/h10,12H,3-9H2,1-2H3. The van der Waals surface area contributed by atoms with Crippen molar-refractivity contribution in [3.63, 3.8) is 0 Å². The van der Waals surface area contributed by atoms with Crippen LogP contribution in [0.1, 0.15) is 49.9 Å². The van der Waals surface area contributed by atoms with E-state index in [2.05, 4.69) is 11.1 Å². The fourth-order valence-electron chi connectivity index (χ4n) is 2.47. The molecule has 2 rings (SSSR count). The number of aromatic nitrogens is 1. The molecule has 0 aromatic carbocycles. The summed E-state index contributed by atoms with van der Waals surface area (Å²) in [7, 11) is -2.98.